The number of nitrogens with one attached hydrogen (secondary N) is 1. The summed E-state index contributed by atoms with van der Waals surface area (Å²) in [6, 6.07) is 12.9. The molecule has 3 aromatic rings. The van der Waals surface area contributed by atoms with Gasteiger partial charge in [0.25, 0.3) is 0 Å². The summed E-state index contributed by atoms with van der Waals surface area (Å²) < 4.78 is 0. The third-order valence-corrected chi connectivity index (χ3v) is 3.72. The lowest BCUT2D eigenvalue weighted by Gasteiger charge is -2.05. The van der Waals surface area contributed by atoms with Gasteiger partial charge < -0.3 is 10.1 Å². The first kappa shape index (κ1) is 14.0. The first-order chi connectivity index (χ1) is 10.1. The van der Waals surface area contributed by atoms with Gasteiger partial charge in [0.1, 0.15) is 11.6 Å². The molecule has 0 saturated carbocycles. The Labute approximate surface area is 132 Å². The van der Waals surface area contributed by atoms with Gasteiger partial charge in [-0.2, -0.15) is 0 Å². The van der Waals surface area contributed by atoms with Crippen LogP contribution >= 0.6 is 23.2 Å². The van der Waals surface area contributed by atoms with Crippen molar-refractivity contribution in [1.29, 1.82) is 0 Å². The highest BCUT2D eigenvalue weighted by atomic mass is 35.5. The molecule has 2 aromatic carbocycles. The van der Waals surface area contributed by atoms with E-state index >= 15 is 0 Å². The molecule has 0 atom stereocenters. The SMILES string of the molecule is Cc1[nH]c(-c2ccccc2)nc1-c1cc(Cl)cc(Cl)c1O. The Hall–Kier alpha value is -1.97. The van der Waals surface area contributed by atoms with Crippen molar-refractivity contribution in [2.75, 3.05) is 0 Å². The minimum Gasteiger partial charge on any atom is -0.506 e. The molecule has 0 unspecified atom stereocenters. The number of aromatic amines is 1. The number of aromatic nitrogens is 2. The van der Waals surface area contributed by atoms with Crippen LogP contribution in [0.4, 0.5) is 0 Å². The van der Waals surface area contributed by atoms with Crippen LogP contribution in [0.1, 0.15) is 5.69 Å². The summed E-state index contributed by atoms with van der Waals surface area (Å²) >= 11 is 12.0. The number of phenols is 1. The molecule has 0 aliphatic carbocycles. The quantitative estimate of drug-likeness (QED) is 0.693. The molecule has 0 aliphatic heterocycles. The maximum Gasteiger partial charge on any atom is 0.143 e. The fraction of sp³-hybridized carbons (Fsp3) is 0.0625. The summed E-state index contributed by atoms with van der Waals surface area (Å²) in [6.07, 6.45) is 0. The molecule has 5 heteroatoms. The van der Waals surface area contributed by atoms with Crippen molar-refractivity contribution in [2.45, 2.75) is 6.92 Å². The Morgan fingerprint density at radius 3 is 2.52 bits per heavy atom. The van der Waals surface area contributed by atoms with Crippen LogP contribution in [0.25, 0.3) is 22.6 Å². The number of nitrogens with zero attached hydrogens (tertiary/aromatic N) is 1. The minimum atomic E-state index is -0.0183. The van der Waals surface area contributed by atoms with Crippen molar-refractivity contribution in [2.24, 2.45) is 0 Å². The number of imidazole rings is 1. The van der Waals surface area contributed by atoms with Gasteiger partial charge in [-0.15, -0.1) is 0 Å². The molecule has 21 heavy (non-hydrogen) atoms. The summed E-state index contributed by atoms with van der Waals surface area (Å²) in [5, 5.41) is 10.8. The highest BCUT2D eigenvalue weighted by Crippen LogP contribution is 2.39. The molecule has 106 valence electrons. The third kappa shape index (κ3) is 2.62. The summed E-state index contributed by atoms with van der Waals surface area (Å²) in [6.45, 7) is 1.89. The Morgan fingerprint density at radius 2 is 1.81 bits per heavy atom. The third-order valence-electron chi connectivity index (χ3n) is 3.22. The van der Waals surface area contributed by atoms with Gasteiger partial charge in [0, 0.05) is 21.8 Å². The first-order valence-electron chi connectivity index (χ1n) is 6.36. The lowest BCUT2D eigenvalue weighted by molar-refractivity contribution is 0.477. The molecule has 1 aromatic heterocycles. The normalized spacial score (nSPS) is 10.8. The number of benzene rings is 2. The van der Waals surface area contributed by atoms with E-state index in [1.807, 2.05) is 37.3 Å². The van der Waals surface area contributed by atoms with Crippen molar-refractivity contribution < 1.29 is 5.11 Å². The minimum absolute atomic E-state index is 0.0183. The van der Waals surface area contributed by atoms with E-state index in [1.54, 1.807) is 6.07 Å². The highest BCUT2D eigenvalue weighted by Gasteiger charge is 2.16. The summed E-state index contributed by atoms with van der Waals surface area (Å²) in [5.41, 5.74) is 2.96. The van der Waals surface area contributed by atoms with Crippen LogP contribution in [0.3, 0.4) is 0 Å². The van der Waals surface area contributed by atoms with E-state index in [0.717, 1.165) is 17.1 Å². The molecular weight excluding hydrogens is 307 g/mol. The van der Waals surface area contributed by atoms with E-state index in [1.165, 1.54) is 6.07 Å². The van der Waals surface area contributed by atoms with Crippen molar-refractivity contribution >= 4 is 23.2 Å². The average molecular weight is 319 g/mol. The number of hydrogen-bond donors (Lipinski definition) is 2. The van der Waals surface area contributed by atoms with E-state index < -0.39 is 0 Å². The van der Waals surface area contributed by atoms with E-state index in [0.29, 0.717) is 16.3 Å². The number of aryl methyl sites for hydroxylation is 1. The number of aromatic hydroxyl groups is 1. The van der Waals surface area contributed by atoms with Crippen molar-refractivity contribution in [3.63, 3.8) is 0 Å². The summed E-state index contributed by atoms with van der Waals surface area (Å²) in [7, 11) is 0. The van der Waals surface area contributed by atoms with E-state index in [2.05, 4.69) is 9.97 Å². The predicted octanol–water partition coefficient (Wildman–Crippen LogP) is 5.06. The molecule has 0 fully saturated rings. The van der Waals surface area contributed by atoms with E-state index in [-0.39, 0.29) is 10.8 Å². The Kier molecular flexibility index (Phi) is 3.62. The number of hydrogen-bond acceptors (Lipinski definition) is 2. The van der Waals surface area contributed by atoms with Crippen molar-refractivity contribution in [1.82, 2.24) is 9.97 Å². The topological polar surface area (TPSA) is 48.9 Å². The van der Waals surface area contributed by atoms with Crippen LogP contribution in [0.5, 0.6) is 5.75 Å². The van der Waals surface area contributed by atoms with Crippen LogP contribution in [-0.4, -0.2) is 15.1 Å². The van der Waals surface area contributed by atoms with Crippen LogP contribution < -0.4 is 0 Å². The molecule has 1 heterocycles. The molecule has 0 amide bonds. The van der Waals surface area contributed by atoms with Gasteiger partial charge in [0.15, 0.2) is 0 Å². The molecule has 0 radical (unpaired) electrons. The predicted molar refractivity (Wildman–Crippen MR) is 85.9 cm³/mol. The second-order valence-electron chi connectivity index (χ2n) is 4.71. The second-order valence-corrected chi connectivity index (χ2v) is 5.55. The van der Waals surface area contributed by atoms with Crippen LogP contribution in [0, 0.1) is 6.92 Å². The second kappa shape index (κ2) is 5.43. The zero-order valence-electron chi connectivity index (χ0n) is 11.2. The maximum atomic E-state index is 10.1. The van der Waals surface area contributed by atoms with Crippen LogP contribution in [0.15, 0.2) is 42.5 Å². The largest absolute Gasteiger partial charge is 0.506 e. The Morgan fingerprint density at radius 1 is 1.10 bits per heavy atom. The lowest BCUT2D eigenvalue weighted by Crippen LogP contribution is -1.84. The molecule has 0 bridgehead atoms. The number of halogens is 2. The van der Waals surface area contributed by atoms with Crippen molar-refractivity contribution in [3.05, 3.63) is 58.2 Å². The van der Waals surface area contributed by atoms with E-state index in [9.17, 15) is 5.11 Å². The number of rotatable bonds is 2. The molecule has 3 rings (SSSR count). The zero-order chi connectivity index (χ0) is 15.0. The fourth-order valence-corrected chi connectivity index (χ4v) is 2.70. The summed E-state index contributed by atoms with van der Waals surface area (Å²) in [5.74, 6) is 0.717. The number of phenolic OH excluding ortho intramolecular Hbond substituents is 1. The van der Waals surface area contributed by atoms with Crippen molar-refractivity contribution in [3.8, 4) is 28.4 Å². The standard InChI is InChI=1S/C16H12Cl2N2O/c1-9-14(12-7-11(17)8-13(18)15(12)21)20-16(19-9)10-5-3-2-4-6-10/h2-8,21H,1H3,(H,19,20). The van der Waals surface area contributed by atoms with Gasteiger partial charge in [-0.25, -0.2) is 4.98 Å². The number of H-pyrrole nitrogens is 1. The Bertz CT molecular complexity index is 798. The molecule has 2 N–H and O–H groups in total. The van der Waals surface area contributed by atoms with Crippen LogP contribution in [0.2, 0.25) is 10.0 Å². The molecule has 0 saturated heterocycles. The van der Waals surface area contributed by atoms with Gasteiger partial charge in [-0.3, -0.25) is 0 Å². The molecule has 0 aliphatic rings. The molecule has 0 spiro atoms. The summed E-state index contributed by atoms with van der Waals surface area (Å²) in [4.78, 5) is 7.78. The first-order valence-corrected chi connectivity index (χ1v) is 7.12. The van der Waals surface area contributed by atoms with Gasteiger partial charge in [0.05, 0.1) is 10.7 Å². The van der Waals surface area contributed by atoms with E-state index in [4.69, 9.17) is 23.2 Å². The highest BCUT2D eigenvalue weighted by molar-refractivity contribution is 6.36. The fourth-order valence-electron chi connectivity index (χ4n) is 2.20. The van der Waals surface area contributed by atoms with Crippen LogP contribution in [-0.2, 0) is 0 Å². The van der Waals surface area contributed by atoms with Gasteiger partial charge in [-0.1, -0.05) is 53.5 Å². The van der Waals surface area contributed by atoms with Gasteiger partial charge in [-0.05, 0) is 19.1 Å². The van der Waals surface area contributed by atoms with Gasteiger partial charge >= 0.3 is 0 Å². The Balaban J connectivity index is 2.15. The molecule has 3 nitrogen and oxygen atoms in total. The average Bonchev–Trinajstić information content (AvgIpc) is 2.86. The lowest BCUT2D eigenvalue weighted by atomic mass is 10.1. The van der Waals surface area contributed by atoms with Gasteiger partial charge in [0.2, 0.25) is 0 Å². The zero-order valence-corrected chi connectivity index (χ0v) is 12.7. The monoisotopic (exact) mass is 318 g/mol. The smallest absolute Gasteiger partial charge is 0.143 e. The molecular formula is C16H12Cl2N2O. The maximum absolute atomic E-state index is 10.1.